The maximum Gasteiger partial charge on any atom is 0.204 e. The average Bonchev–Trinajstić information content (AvgIpc) is 2.93. The third kappa shape index (κ3) is 2.99. The van der Waals surface area contributed by atoms with Gasteiger partial charge in [0, 0.05) is 7.05 Å². The fraction of sp³-hybridized carbons (Fsp3) is 0.545. The van der Waals surface area contributed by atoms with Gasteiger partial charge in [-0.2, -0.15) is 5.26 Å². The van der Waals surface area contributed by atoms with Crippen LogP contribution in [0.3, 0.4) is 0 Å². The number of guanidine groups is 1. The summed E-state index contributed by atoms with van der Waals surface area (Å²) in [6, 6.07) is 0.170. The number of aliphatic imine (C=N–C) groups is 1. The highest BCUT2D eigenvalue weighted by molar-refractivity contribution is 5.81. The van der Waals surface area contributed by atoms with Crippen molar-refractivity contribution < 1.29 is 4.74 Å². The molecule has 2 atom stereocenters. The number of aromatic nitrogens is 2. The molecular formula is C11H16N6O. The first-order chi connectivity index (χ1) is 8.83. The van der Waals surface area contributed by atoms with E-state index in [1.807, 2.05) is 6.19 Å². The zero-order chi connectivity index (χ0) is 12.8. The first-order valence-electron chi connectivity index (χ1n) is 5.81. The van der Waals surface area contributed by atoms with Gasteiger partial charge >= 0.3 is 0 Å². The smallest absolute Gasteiger partial charge is 0.204 e. The van der Waals surface area contributed by atoms with Crippen molar-refractivity contribution in [3.05, 3.63) is 18.2 Å². The van der Waals surface area contributed by atoms with E-state index in [1.54, 1.807) is 19.6 Å². The fourth-order valence-corrected chi connectivity index (χ4v) is 1.96. The number of nitrogens with one attached hydrogen (secondary N) is 3. The Hall–Kier alpha value is -2.07. The number of H-pyrrole nitrogens is 1. The Morgan fingerprint density at radius 2 is 2.56 bits per heavy atom. The first kappa shape index (κ1) is 12.4. The quantitative estimate of drug-likeness (QED) is 0.302. The molecule has 0 radical (unpaired) electrons. The number of ether oxygens (including phenoxy) is 1. The molecule has 7 nitrogen and oxygen atoms in total. The largest absolute Gasteiger partial charge is 0.370 e. The Bertz CT molecular complexity index is 427. The molecule has 1 aromatic heterocycles. The summed E-state index contributed by atoms with van der Waals surface area (Å²) in [7, 11) is 1.63. The second kappa shape index (κ2) is 6.02. The Balaban J connectivity index is 1.82. The molecule has 1 fully saturated rings. The average molecular weight is 248 g/mol. The van der Waals surface area contributed by atoms with Gasteiger partial charge in [-0.25, -0.2) is 4.98 Å². The van der Waals surface area contributed by atoms with Crippen LogP contribution in [-0.2, 0) is 4.74 Å². The lowest BCUT2D eigenvalue weighted by Crippen LogP contribution is -2.45. The number of nitriles is 1. The van der Waals surface area contributed by atoms with Crippen LogP contribution in [0.2, 0.25) is 0 Å². The maximum atomic E-state index is 8.54. The van der Waals surface area contributed by atoms with Gasteiger partial charge in [-0.05, 0) is 12.8 Å². The molecule has 0 saturated carbocycles. The van der Waals surface area contributed by atoms with Gasteiger partial charge in [0.05, 0.1) is 37.0 Å². The summed E-state index contributed by atoms with van der Waals surface area (Å²) < 4.78 is 5.76. The molecule has 7 heteroatoms. The van der Waals surface area contributed by atoms with E-state index in [4.69, 9.17) is 10.00 Å². The van der Waals surface area contributed by atoms with Crippen molar-refractivity contribution in [2.24, 2.45) is 4.99 Å². The minimum Gasteiger partial charge on any atom is -0.370 e. The van der Waals surface area contributed by atoms with Gasteiger partial charge in [-0.15, -0.1) is 0 Å². The molecule has 1 aliphatic heterocycles. The van der Waals surface area contributed by atoms with E-state index in [-0.39, 0.29) is 12.1 Å². The molecule has 96 valence electrons. The monoisotopic (exact) mass is 248 g/mol. The Morgan fingerprint density at radius 1 is 1.67 bits per heavy atom. The molecule has 2 heterocycles. The minimum atomic E-state index is 0.0801. The summed E-state index contributed by atoms with van der Waals surface area (Å²) in [5, 5.41) is 14.2. The maximum absolute atomic E-state index is 8.54. The molecule has 18 heavy (non-hydrogen) atoms. The zero-order valence-corrected chi connectivity index (χ0v) is 10.2. The standard InChI is InChI=1S/C11H16N6O/c1-13-11(15-6-12)17-8-2-3-10(18-5-8)9-4-14-7-16-9/h4,7-8,10H,2-3,5H2,1H3,(H,14,16)(H2,13,15,17)/t8-,10+/m1/s1. The molecule has 0 aromatic carbocycles. The van der Waals surface area contributed by atoms with Crippen LogP contribution < -0.4 is 10.6 Å². The second-order valence-electron chi connectivity index (χ2n) is 4.06. The normalized spacial score (nSPS) is 24.3. The topological polar surface area (TPSA) is 98.1 Å². The zero-order valence-electron chi connectivity index (χ0n) is 10.2. The molecule has 0 spiro atoms. The molecule has 1 aromatic rings. The van der Waals surface area contributed by atoms with Gasteiger partial charge in [0.15, 0.2) is 6.19 Å². The molecule has 0 aliphatic carbocycles. The van der Waals surface area contributed by atoms with E-state index in [0.717, 1.165) is 18.5 Å². The molecule has 1 aliphatic rings. The molecule has 0 unspecified atom stereocenters. The van der Waals surface area contributed by atoms with E-state index < -0.39 is 0 Å². The van der Waals surface area contributed by atoms with E-state index in [0.29, 0.717) is 12.6 Å². The third-order valence-corrected chi connectivity index (χ3v) is 2.88. The van der Waals surface area contributed by atoms with Crippen molar-refractivity contribution in [3.8, 4) is 6.19 Å². The molecule has 0 amide bonds. The van der Waals surface area contributed by atoms with Gasteiger partial charge in [0.25, 0.3) is 0 Å². The predicted molar refractivity (Wildman–Crippen MR) is 65.5 cm³/mol. The summed E-state index contributed by atoms with van der Waals surface area (Å²) >= 11 is 0. The lowest BCUT2D eigenvalue weighted by molar-refractivity contribution is -0.00237. The van der Waals surface area contributed by atoms with E-state index in [1.165, 1.54) is 0 Å². The predicted octanol–water partition coefficient (Wildman–Crippen LogP) is 0.276. The summed E-state index contributed by atoms with van der Waals surface area (Å²) in [5.41, 5.74) is 1.01. The number of nitrogens with zero attached hydrogens (tertiary/aromatic N) is 3. The van der Waals surface area contributed by atoms with Gasteiger partial charge < -0.3 is 15.0 Å². The number of hydrogen-bond donors (Lipinski definition) is 3. The SMILES string of the molecule is CN=C(NC#N)N[C@@H]1CC[C@@H](c2cnc[nH]2)OC1. The van der Waals surface area contributed by atoms with Crippen LogP contribution in [-0.4, -0.2) is 35.6 Å². The molecule has 3 N–H and O–H groups in total. The van der Waals surface area contributed by atoms with E-state index in [2.05, 4.69) is 25.6 Å². The minimum absolute atomic E-state index is 0.0801. The van der Waals surface area contributed by atoms with Crippen molar-refractivity contribution in [1.82, 2.24) is 20.6 Å². The highest BCUT2D eigenvalue weighted by Crippen LogP contribution is 2.26. The Morgan fingerprint density at radius 3 is 3.11 bits per heavy atom. The van der Waals surface area contributed by atoms with Crippen LogP contribution in [0.5, 0.6) is 0 Å². The van der Waals surface area contributed by atoms with Gasteiger partial charge in [0.2, 0.25) is 5.96 Å². The van der Waals surface area contributed by atoms with Crippen LogP contribution in [0.1, 0.15) is 24.6 Å². The lowest BCUT2D eigenvalue weighted by atomic mass is 10.0. The summed E-state index contributed by atoms with van der Waals surface area (Å²) in [6.45, 7) is 0.579. The highest BCUT2D eigenvalue weighted by Gasteiger charge is 2.24. The second-order valence-corrected chi connectivity index (χ2v) is 4.06. The van der Waals surface area contributed by atoms with Gasteiger partial charge in [0.1, 0.15) is 0 Å². The summed E-state index contributed by atoms with van der Waals surface area (Å²) in [5.74, 6) is 0.478. The van der Waals surface area contributed by atoms with Crippen molar-refractivity contribution in [2.75, 3.05) is 13.7 Å². The summed E-state index contributed by atoms with van der Waals surface area (Å²) in [4.78, 5) is 11.0. The lowest BCUT2D eigenvalue weighted by Gasteiger charge is -2.29. The van der Waals surface area contributed by atoms with Crippen molar-refractivity contribution in [2.45, 2.75) is 25.0 Å². The van der Waals surface area contributed by atoms with E-state index >= 15 is 0 Å². The molecular weight excluding hydrogens is 232 g/mol. The number of hydrogen-bond acceptors (Lipinski definition) is 4. The Kier molecular flexibility index (Phi) is 4.15. The molecule has 2 rings (SSSR count). The van der Waals surface area contributed by atoms with Crippen LogP contribution in [0.25, 0.3) is 0 Å². The van der Waals surface area contributed by atoms with E-state index in [9.17, 15) is 0 Å². The van der Waals surface area contributed by atoms with Crippen LogP contribution in [0.4, 0.5) is 0 Å². The first-order valence-corrected chi connectivity index (χ1v) is 5.81. The van der Waals surface area contributed by atoms with Gasteiger partial charge in [-0.3, -0.25) is 10.3 Å². The van der Waals surface area contributed by atoms with Crippen molar-refractivity contribution in [1.29, 1.82) is 5.26 Å². The van der Waals surface area contributed by atoms with Crippen molar-refractivity contribution >= 4 is 5.96 Å². The highest BCUT2D eigenvalue weighted by atomic mass is 16.5. The fourth-order valence-electron chi connectivity index (χ4n) is 1.96. The third-order valence-electron chi connectivity index (χ3n) is 2.88. The Labute approximate surface area is 105 Å². The molecule has 0 bridgehead atoms. The number of aromatic amines is 1. The number of imidazole rings is 1. The summed E-state index contributed by atoms with van der Waals surface area (Å²) in [6.07, 6.45) is 7.22. The van der Waals surface area contributed by atoms with Gasteiger partial charge in [-0.1, -0.05) is 0 Å². The number of rotatable bonds is 2. The van der Waals surface area contributed by atoms with Crippen LogP contribution >= 0.6 is 0 Å². The van der Waals surface area contributed by atoms with Crippen LogP contribution in [0.15, 0.2) is 17.5 Å². The molecule has 1 saturated heterocycles. The van der Waals surface area contributed by atoms with Crippen molar-refractivity contribution in [3.63, 3.8) is 0 Å². The van der Waals surface area contributed by atoms with Crippen LogP contribution in [0, 0.1) is 11.5 Å².